The summed E-state index contributed by atoms with van der Waals surface area (Å²) in [7, 11) is 3.84. The molecule has 0 aliphatic heterocycles. The Labute approximate surface area is 151 Å². The number of nitrogens with zero attached hydrogens (tertiary/aromatic N) is 1. The van der Waals surface area contributed by atoms with Crippen LogP contribution in [0, 0.1) is 5.82 Å². The van der Waals surface area contributed by atoms with Gasteiger partial charge in [-0.1, -0.05) is 0 Å². The number of hydrogen-bond acceptors (Lipinski definition) is 5. The molecule has 138 valence electrons. The maximum absolute atomic E-state index is 12.8. The van der Waals surface area contributed by atoms with Gasteiger partial charge in [-0.2, -0.15) is 0 Å². The number of rotatable bonds is 7. The predicted molar refractivity (Wildman–Crippen MR) is 96.8 cm³/mol. The summed E-state index contributed by atoms with van der Waals surface area (Å²) >= 11 is 0. The van der Waals surface area contributed by atoms with Crippen LogP contribution in [0.3, 0.4) is 0 Å². The molecule has 2 aromatic rings. The topological polar surface area (TPSA) is 67.9 Å². The van der Waals surface area contributed by atoms with Crippen molar-refractivity contribution in [2.45, 2.75) is 13.0 Å². The molecule has 0 saturated carbocycles. The number of carbonyl (C=O) groups is 2. The SMILES string of the molecule is C[C@H](Oc1ccc(F)cc1)C(=O)OCC(=O)Nc1ccc(N(C)C)cc1. The largest absolute Gasteiger partial charge is 0.479 e. The lowest BCUT2D eigenvalue weighted by Gasteiger charge is -2.14. The lowest BCUT2D eigenvalue weighted by molar-refractivity contribution is -0.153. The van der Waals surface area contributed by atoms with E-state index in [9.17, 15) is 14.0 Å². The van der Waals surface area contributed by atoms with E-state index in [2.05, 4.69) is 5.32 Å². The van der Waals surface area contributed by atoms with Gasteiger partial charge in [-0.3, -0.25) is 4.79 Å². The van der Waals surface area contributed by atoms with Gasteiger partial charge in [0.1, 0.15) is 11.6 Å². The van der Waals surface area contributed by atoms with Crippen LogP contribution in [0.4, 0.5) is 15.8 Å². The van der Waals surface area contributed by atoms with Gasteiger partial charge in [-0.05, 0) is 55.5 Å². The Bertz CT molecular complexity index is 745. The fourth-order valence-electron chi connectivity index (χ4n) is 2.06. The summed E-state index contributed by atoms with van der Waals surface area (Å²) in [6.07, 6.45) is -0.923. The third-order valence-electron chi connectivity index (χ3n) is 3.47. The Balaban J connectivity index is 1.78. The summed E-state index contributed by atoms with van der Waals surface area (Å²) in [5, 5.41) is 2.64. The Morgan fingerprint density at radius 2 is 1.69 bits per heavy atom. The highest BCUT2D eigenvalue weighted by molar-refractivity contribution is 5.93. The van der Waals surface area contributed by atoms with E-state index in [0.717, 1.165) is 5.69 Å². The van der Waals surface area contributed by atoms with Crippen LogP contribution in [0.1, 0.15) is 6.92 Å². The molecule has 0 aliphatic rings. The van der Waals surface area contributed by atoms with Crippen LogP contribution in [0.2, 0.25) is 0 Å². The molecule has 26 heavy (non-hydrogen) atoms. The summed E-state index contributed by atoms with van der Waals surface area (Å²) < 4.78 is 23.1. The summed E-state index contributed by atoms with van der Waals surface area (Å²) in [5.74, 6) is -1.21. The molecule has 2 aromatic carbocycles. The van der Waals surface area contributed by atoms with Crippen molar-refractivity contribution in [3.05, 3.63) is 54.3 Å². The fourth-order valence-corrected chi connectivity index (χ4v) is 2.06. The maximum Gasteiger partial charge on any atom is 0.347 e. The number of halogens is 1. The van der Waals surface area contributed by atoms with Crippen molar-refractivity contribution in [1.82, 2.24) is 0 Å². The van der Waals surface area contributed by atoms with Gasteiger partial charge in [-0.25, -0.2) is 9.18 Å². The number of ether oxygens (including phenoxy) is 2. The molecular weight excluding hydrogens is 339 g/mol. The normalized spacial score (nSPS) is 11.4. The summed E-state index contributed by atoms with van der Waals surface area (Å²) in [6.45, 7) is 1.06. The van der Waals surface area contributed by atoms with Gasteiger partial charge in [0.2, 0.25) is 0 Å². The molecule has 0 radical (unpaired) electrons. The van der Waals surface area contributed by atoms with Crippen LogP contribution in [0.5, 0.6) is 5.75 Å². The Morgan fingerprint density at radius 3 is 2.27 bits per heavy atom. The first kappa shape index (κ1) is 19.2. The van der Waals surface area contributed by atoms with Crippen molar-refractivity contribution in [2.24, 2.45) is 0 Å². The third-order valence-corrected chi connectivity index (χ3v) is 3.47. The highest BCUT2D eigenvalue weighted by atomic mass is 19.1. The predicted octanol–water partition coefficient (Wildman–Crippen LogP) is 2.84. The van der Waals surface area contributed by atoms with Gasteiger partial charge in [0, 0.05) is 25.5 Å². The summed E-state index contributed by atoms with van der Waals surface area (Å²) in [6, 6.07) is 12.5. The molecule has 1 N–H and O–H groups in total. The molecule has 0 spiro atoms. The lowest BCUT2D eigenvalue weighted by atomic mass is 10.2. The van der Waals surface area contributed by atoms with Crippen molar-refractivity contribution >= 4 is 23.3 Å². The minimum absolute atomic E-state index is 0.335. The molecule has 1 amide bonds. The molecule has 2 rings (SSSR count). The first-order valence-electron chi connectivity index (χ1n) is 8.01. The van der Waals surface area contributed by atoms with Crippen LogP contribution < -0.4 is 15.0 Å². The van der Waals surface area contributed by atoms with E-state index >= 15 is 0 Å². The van der Waals surface area contributed by atoms with E-state index in [1.807, 2.05) is 31.1 Å². The molecular formula is C19H21FN2O4. The molecule has 7 heteroatoms. The average molecular weight is 360 g/mol. The molecule has 1 atom stereocenters. The summed E-state index contributed by atoms with van der Waals surface area (Å²) in [4.78, 5) is 25.7. The molecule has 0 saturated heterocycles. The number of benzene rings is 2. The number of hydrogen-bond donors (Lipinski definition) is 1. The van der Waals surface area contributed by atoms with Gasteiger partial charge < -0.3 is 19.7 Å². The quantitative estimate of drug-likeness (QED) is 0.769. The molecule has 0 unspecified atom stereocenters. The van der Waals surface area contributed by atoms with Gasteiger partial charge in [0.05, 0.1) is 0 Å². The first-order chi connectivity index (χ1) is 12.3. The van der Waals surface area contributed by atoms with Gasteiger partial charge in [0.25, 0.3) is 5.91 Å². The second kappa shape index (κ2) is 8.84. The van der Waals surface area contributed by atoms with Crippen molar-refractivity contribution in [2.75, 3.05) is 30.9 Å². The summed E-state index contributed by atoms with van der Waals surface area (Å²) in [5.41, 5.74) is 1.61. The molecule has 0 heterocycles. The Hall–Kier alpha value is -3.09. The van der Waals surface area contributed by atoms with E-state index in [1.54, 1.807) is 12.1 Å². The minimum Gasteiger partial charge on any atom is -0.479 e. The smallest absolute Gasteiger partial charge is 0.347 e. The van der Waals surface area contributed by atoms with Crippen LogP contribution in [-0.2, 0) is 14.3 Å². The van der Waals surface area contributed by atoms with Crippen molar-refractivity contribution in [3.8, 4) is 5.75 Å². The monoisotopic (exact) mass is 360 g/mol. The zero-order valence-corrected chi connectivity index (χ0v) is 14.9. The molecule has 0 aliphatic carbocycles. The van der Waals surface area contributed by atoms with Crippen LogP contribution in [-0.4, -0.2) is 38.7 Å². The number of nitrogens with one attached hydrogen (secondary N) is 1. The van der Waals surface area contributed by atoms with E-state index in [0.29, 0.717) is 11.4 Å². The van der Waals surface area contributed by atoms with E-state index in [-0.39, 0.29) is 0 Å². The van der Waals surface area contributed by atoms with Crippen molar-refractivity contribution in [3.63, 3.8) is 0 Å². The van der Waals surface area contributed by atoms with Gasteiger partial charge in [0.15, 0.2) is 12.7 Å². The van der Waals surface area contributed by atoms with Crippen LogP contribution in [0.15, 0.2) is 48.5 Å². The second-order valence-electron chi connectivity index (χ2n) is 5.81. The van der Waals surface area contributed by atoms with E-state index in [1.165, 1.54) is 31.2 Å². The van der Waals surface area contributed by atoms with E-state index in [4.69, 9.17) is 9.47 Å². The molecule has 6 nitrogen and oxygen atoms in total. The molecule has 0 bridgehead atoms. The van der Waals surface area contributed by atoms with Crippen molar-refractivity contribution in [1.29, 1.82) is 0 Å². The Kier molecular flexibility index (Phi) is 6.54. The van der Waals surface area contributed by atoms with Gasteiger partial charge >= 0.3 is 5.97 Å². The number of amides is 1. The molecule has 0 fully saturated rings. The highest BCUT2D eigenvalue weighted by Gasteiger charge is 2.18. The average Bonchev–Trinajstić information content (AvgIpc) is 2.62. The minimum atomic E-state index is -0.923. The fraction of sp³-hybridized carbons (Fsp3) is 0.263. The first-order valence-corrected chi connectivity index (χ1v) is 8.01. The van der Waals surface area contributed by atoms with Crippen LogP contribution >= 0.6 is 0 Å². The second-order valence-corrected chi connectivity index (χ2v) is 5.81. The zero-order valence-electron chi connectivity index (χ0n) is 14.9. The zero-order chi connectivity index (χ0) is 19.1. The standard InChI is InChI=1S/C19H21FN2O4/c1-13(26-17-10-4-14(20)5-11-17)19(24)25-12-18(23)21-15-6-8-16(9-7-15)22(2)3/h4-11,13H,12H2,1-3H3,(H,21,23)/t13-/m0/s1. The third kappa shape index (κ3) is 5.77. The van der Waals surface area contributed by atoms with Gasteiger partial charge in [-0.15, -0.1) is 0 Å². The lowest BCUT2D eigenvalue weighted by Crippen LogP contribution is -2.29. The highest BCUT2D eigenvalue weighted by Crippen LogP contribution is 2.16. The van der Waals surface area contributed by atoms with E-state index < -0.39 is 30.4 Å². The maximum atomic E-state index is 12.8. The number of esters is 1. The van der Waals surface area contributed by atoms with Crippen LogP contribution in [0.25, 0.3) is 0 Å². The Morgan fingerprint density at radius 1 is 1.08 bits per heavy atom. The number of anilines is 2. The molecule has 0 aromatic heterocycles. The number of carbonyl (C=O) groups excluding carboxylic acids is 2. The van der Waals surface area contributed by atoms with Crippen molar-refractivity contribution < 1.29 is 23.5 Å².